The second-order valence-electron chi connectivity index (χ2n) is 4.88. The lowest BCUT2D eigenvalue weighted by Crippen LogP contribution is -2.47. The summed E-state index contributed by atoms with van der Waals surface area (Å²) in [6.45, 7) is 3.07. The maximum absolute atomic E-state index is 12.2. The molecule has 0 radical (unpaired) electrons. The lowest BCUT2D eigenvalue weighted by molar-refractivity contribution is -0.121. The zero-order chi connectivity index (χ0) is 12.6. The largest absolute Gasteiger partial charge is 0.454 e. The van der Waals surface area contributed by atoms with E-state index in [9.17, 15) is 4.79 Å². The first kappa shape index (κ1) is 11.3. The van der Waals surface area contributed by atoms with Crippen LogP contribution in [0.25, 0.3) is 0 Å². The summed E-state index contributed by atoms with van der Waals surface area (Å²) >= 11 is 0. The minimum atomic E-state index is -0.462. The van der Waals surface area contributed by atoms with Crippen molar-refractivity contribution < 1.29 is 14.3 Å². The highest BCUT2D eigenvalue weighted by Gasteiger charge is 2.35. The van der Waals surface area contributed by atoms with Gasteiger partial charge in [-0.15, -0.1) is 0 Å². The van der Waals surface area contributed by atoms with Crippen molar-refractivity contribution in [1.29, 1.82) is 0 Å². The van der Waals surface area contributed by atoms with E-state index in [-0.39, 0.29) is 12.7 Å². The Balaban J connectivity index is 1.74. The molecule has 3 rings (SSSR count). The Morgan fingerprint density at radius 1 is 1.39 bits per heavy atom. The zero-order valence-electron chi connectivity index (χ0n) is 10.3. The van der Waals surface area contributed by atoms with E-state index in [0.29, 0.717) is 5.75 Å². The zero-order valence-corrected chi connectivity index (χ0v) is 10.3. The van der Waals surface area contributed by atoms with Crippen LogP contribution in [-0.4, -0.2) is 24.8 Å². The number of fused-ring (bicyclic) bond motifs is 1. The first-order valence-electron chi connectivity index (χ1n) is 6.13. The summed E-state index contributed by atoms with van der Waals surface area (Å²) in [7, 11) is 0. The van der Waals surface area contributed by atoms with Gasteiger partial charge in [-0.1, -0.05) is 0 Å². The molecule has 1 aromatic carbocycles. The van der Waals surface area contributed by atoms with Gasteiger partial charge in [-0.2, -0.15) is 0 Å². The highest BCUT2D eigenvalue weighted by Crippen LogP contribution is 2.34. The molecule has 0 aromatic heterocycles. The molecule has 0 spiro atoms. The van der Waals surface area contributed by atoms with Crippen molar-refractivity contribution in [2.75, 3.05) is 18.7 Å². The van der Waals surface area contributed by atoms with Crippen LogP contribution in [0.4, 0.5) is 5.69 Å². The maximum Gasteiger partial charge on any atom is 0.244 e. The van der Waals surface area contributed by atoms with E-state index in [1.807, 2.05) is 19.1 Å². The number of rotatable bonds is 2. The summed E-state index contributed by atoms with van der Waals surface area (Å²) < 4.78 is 10.5. The van der Waals surface area contributed by atoms with Crippen LogP contribution in [0, 0.1) is 0 Å². The average Bonchev–Trinajstić information content (AvgIpc) is 2.98. The van der Waals surface area contributed by atoms with Crippen molar-refractivity contribution in [3.05, 3.63) is 18.2 Å². The third kappa shape index (κ3) is 1.90. The van der Waals surface area contributed by atoms with Crippen molar-refractivity contribution in [1.82, 2.24) is 5.32 Å². The van der Waals surface area contributed by atoms with Crippen LogP contribution in [0.5, 0.6) is 11.5 Å². The highest BCUT2D eigenvalue weighted by molar-refractivity contribution is 5.98. The Labute approximate surface area is 105 Å². The van der Waals surface area contributed by atoms with Gasteiger partial charge in [0.2, 0.25) is 12.7 Å². The topological polar surface area (TPSA) is 59.6 Å². The minimum Gasteiger partial charge on any atom is -0.454 e. The molecule has 1 atom stereocenters. The number of amides is 1. The Morgan fingerprint density at radius 3 is 3.00 bits per heavy atom. The summed E-state index contributed by atoms with van der Waals surface area (Å²) in [5.74, 6) is 1.40. The number of hydrogen-bond acceptors (Lipinski definition) is 4. The molecule has 2 N–H and O–H groups in total. The van der Waals surface area contributed by atoms with Crippen LogP contribution < -0.4 is 20.1 Å². The molecule has 1 amide bonds. The van der Waals surface area contributed by atoms with Gasteiger partial charge in [0.15, 0.2) is 11.5 Å². The second-order valence-corrected chi connectivity index (χ2v) is 4.88. The molecule has 5 nitrogen and oxygen atoms in total. The van der Waals surface area contributed by atoms with Crippen LogP contribution in [0.1, 0.15) is 19.8 Å². The first-order chi connectivity index (χ1) is 8.67. The summed E-state index contributed by atoms with van der Waals surface area (Å²) in [6, 6.07) is 5.42. The van der Waals surface area contributed by atoms with E-state index in [1.54, 1.807) is 6.07 Å². The van der Waals surface area contributed by atoms with Gasteiger partial charge in [-0.05, 0) is 38.4 Å². The normalized spacial score (nSPS) is 25.2. The van der Waals surface area contributed by atoms with E-state index in [4.69, 9.17) is 9.47 Å². The van der Waals surface area contributed by atoms with Gasteiger partial charge in [0.25, 0.3) is 0 Å². The molecular formula is C13H16N2O3. The molecular weight excluding hydrogens is 232 g/mol. The summed E-state index contributed by atoms with van der Waals surface area (Å²) in [5, 5.41) is 6.15. The van der Waals surface area contributed by atoms with Gasteiger partial charge in [0.1, 0.15) is 0 Å². The lowest BCUT2D eigenvalue weighted by atomic mass is 9.99. The van der Waals surface area contributed by atoms with Gasteiger partial charge in [-0.3, -0.25) is 4.79 Å². The van der Waals surface area contributed by atoms with Crippen molar-refractivity contribution in [3.63, 3.8) is 0 Å². The Bertz CT molecular complexity index is 481. The van der Waals surface area contributed by atoms with Crippen molar-refractivity contribution in [2.45, 2.75) is 25.3 Å². The number of hydrogen-bond donors (Lipinski definition) is 2. The van der Waals surface area contributed by atoms with E-state index in [1.165, 1.54) is 0 Å². The SMILES string of the molecule is CC1(C(=O)Nc2ccc3c(c2)OCO3)CCCN1. The molecule has 2 heterocycles. The molecule has 1 saturated heterocycles. The monoisotopic (exact) mass is 248 g/mol. The van der Waals surface area contributed by atoms with Crippen LogP contribution in [-0.2, 0) is 4.79 Å². The standard InChI is InChI=1S/C13H16N2O3/c1-13(5-2-6-14-13)12(16)15-9-3-4-10-11(7-9)18-8-17-10/h3-4,7,14H,2,5-6,8H2,1H3,(H,15,16). The number of ether oxygens (including phenoxy) is 2. The molecule has 96 valence electrons. The minimum absolute atomic E-state index is 0.00105. The average molecular weight is 248 g/mol. The molecule has 5 heteroatoms. The lowest BCUT2D eigenvalue weighted by Gasteiger charge is -2.23. The number of carbonyl (C=O) groups excluding carboxylic acids is 1. The van der Waals surface area contributed by atoms with Crippen molar-refractivity contribution in [3.8, 4) is 11.5 Å². The van der Waals surface area contributed by atoms with Crippen molar-refractivity contribution in [2.24, 2.45) is 0 Å². The summed E-state index contributed by atoms with van der Waals surface area (Å²) in [6.07, 6.45) is 1.90. The number of benzene rings is 1. The first-order valence-corrected chi connectivity index (χ1v) is 6.13. The summed E-state index contributed by atoms with van der Waals surface area (Å²) in [5.41, 5.74) is 0.273. The van der Waals surface area contributed by atoms with Crippen molar-refractivity contribution >= 4 is 11.6 Å². The highest BCUT2D eigenvalue weighted by atomic mass is 16.7. The molecule has 0 saturated carbocycles. The molecule has 1 aromatic rings. The Morgan fingerprint density at radius 2 is 2.22 bits per heavy atom. The number of anilines is 1. The van der Waals surface area contributed by atoms with Crippen LogP contribution in [0.2, 0.25) is 0 Å². The molecule has 1 unspecified atom stereocenters. The molecule has 0 aliphatic carbocycles. The fourth-order valence-corrected chi connectivity index (χ4v) is 2.33. The molecule has 18 heavy (non-hydrogen) atoms. The molecule has 0 bridgehead atoms. The predicted molar refractivity (Wildman–Crippen MR) is 66.8 cm³/mol. The molecule has 2 aliphatic rings. The van der Waals surface area contributed by atoms with Gasteiger partial charge in [0, 0.05) is 11.8 Å². The van der Waals surface area contributed by atoms with Crippen LogP contribution in [0.15, 0.2) is 18.2 Å². The molecule has 2 aliphatic heterocycles. The fraction of sp³-hybridized carbons (Fsp3) is 0.462. The van der Waals surface area contributed by atoms with Crippen LogP contribution in [0.3, 0.4) is 0 Å². The maximum atomic E-state index is 12.2. The van der Waals surface area contributed by atoms with E-state index in [2.05, 4.69) is 10.6 Å². The Hall–Kier alpha value is -1.75. The molecule has 1 fully saturated rings. The van der Waals surface area contributed by atoms with E-state index in [0.717, 1.165) is 30.8 Å². The van der Waals surface area contributed by atoms with E-state index < -0.39 is 5.54 Å². The number of carbonyl (C=O) groups is 1. The quantitative estimate of drug-likeness (QED) is 0.832. The fourth-order valence-electron chi connectivity index (χ4n) is 2.33. The third-order valence-corrected chi connectivity index (χ3v) is 3.50. The third-order valence-electron chi connectivity index (χ3n) is 3.50. The van der Waals surface area contributed by atoms with Crippen LogP contribution >= 0.6 is 0 Å². The summed E-state index contributed by atoms with van der Waals surface area (Å²) in [4.78, 5) is 12.2. The predicted octanol–water partition coefficient (Wildman–Crippen LogP) is 1.50. The van der Waals surface area contributed by atoms with Gasteiger partial charge in [0.05, 0.1) is 5.54 Å². The number of nitrogens with one attached hydrogen (secondary N) is 2. The van der Waals surface area contributed by atoms with Gasteiger partial charge in [-0.25, -0.2) is 0 Å². The Kier molecular flexibility index (Phi) is 2.63. The van der Waals surface area contributed by atoms with Gasteiger partial charge < -0.3 is 20.1 Å². The smallest absolute Gasteiger partial charge is 0.244 e. The second kappa shape index (κ2) is 4.17. The van der Waals surface area contributed by atoms with Gasteiger partial charge >= 0.3 is 0 Å². The van der Waals surface area contributed by atoms with E-state index >= 15 is 0 Å².